The van der Waals surface area contributed by atoms with Crippen molar-refractivity contribution in [2.75, 3.05) is 6.54 Å². The van der Waals surface area contributed by atoms with Gasteiger partial charge in [0.2, 0.25) is 17.7 Å². The molecule has 0 heterocycles. The second-order valence-electron chi connectivity index (χ2n) is 6.37. The monoisotopic (exact) mass is 434 g/mol. The summed E-state index contributed by atoms with van der Waals surface area (Å²) >= 11 is 0. The molecule has 0 aromatic rings. The maximum Gasteiger partial charge on any atom is 0.322 e. The number of carbonyl (C=O) groups is 6. The van der Waals surface area contributed by atoms with Crippen LogP contribution in [0.25, 0.3) is 0 Å². The third-order valence-corrected chi connectivity index (χ3v) is 3.80. The summed E-state index contributed by atoms with van der Waals surface area (Å²) in [4.78, 5) is 68.8. The van der Waals surface area contributed by atoms with Gasteiger partial charge in [-0.1, -0.05) is 0 Å². The molecule has 0 aliphatic rings. The van der Waals surface area contributed by atoms with Gasteiger partial charge >= 0.3 is 17.9 Å². The van der Waals surface area contributed by atoms with Crippen molar-refractivity contribution in [1.29, 1.82) is 0 Å². The largest absolute Gasteiger partial charge is 0.481 e. The summed E-state index contributed by atoms with van der Waals surface area (Å²) < 4.78 is 0. The van der Waals surface area contributed by atoms with Crippen molar-refractivity contribution in [2.24, 2.45) is 5.73 Å². The quantitative estimate of drug-likeness (QED) is 0.134. The molecule has 0 aliphatic carbocycles. The van der Waals surface area contributed by atoms with Gasteiger partial charge in [0.1, 0.15) is 24.7 Å². The van der Waals surface area contributed by atoms with Crippen LogP contribution >= 0.6 is 0 Å². The smallest absolute Gasteiger partial charge is 0.322 e. The SMILES string of the molecule is CC(O)C(N)C(=O)NC(CCC(=O)O)C(=O)NC(CCC(=O)O)C(=O)NCC(=O)O. The lowest BCUT2D eigenvalue weighted by Crippen LogP contribution is -2.57. The Morgan fingerprint density at radius 1 is 0.767 bits per heavy atom. The van der Waals surface area contributed by atoms with Crippen LogP contribution in [0.5, 0.6) is 0 Å². The molecule has 9 N–H and O–H groups in total. The zero-order valence-corrected chi connectivity index (χ0v) is 16.2. The Balaban J connectivity index is 5.36. The number of carboxylic acids is 3. The van der Waals surface area contributed by atoms with Crippen LogP contribution in [0, 0.1) is 0 Å². The number of nitrogens with two attached hydrogens (primary N) is 1. The maximum atomic E-state index is 12.5. The van der Waals surface area contributed by atoms with E-state index in [0.29, 0.717) is 0 Å². The number of rotatable bonds is 14. The van der Waals surface area contributed by atoms with Crippen molar-refractivity contribution >= 4 is 35.6 Å². The highest BCUT2D eigenvalue weighted by molar-refractivity contribution is 5.94. The van der Waals surface area contributed by atoms with Crippen LogP contribution in [0.4, 0.5) is 0 Å². The predicted molar refractivity (Wildman–Crippen MR) is 97.9 cm³/mol. The van der Waals surface area contributed by atoms with Gasteiger partial charge in [0.05, 0.1) is 6.10 Å². The van der Waals surface area contributed by atoms with Crippen LogP contribution < -0.4 is 21.7 Å². The molecule has 3 amide bonds. The fraction of sp³-hybridized carbons (Fsp3) is 0.625. The van der Waals surface area contributed by atoms with Gasteiger partial charge in [-0.05, 0) is 19.8 Å². The highest BCUT2D eigenvalue weighted by atomic mass is 16.4. The summed E-state index contributed by atoms with van der Waals surface area (Å²) in [6.45, 7) is 0.450. The van der Waals surface area contributed by atoms with E-state index in [-0.39, 0.29) is 12.8 Å². The minimum atomic E-state index is -1.46. The Labute approximate surface area is 170 Å². The van der Waals surface area contributed by atoms with Gasteiger partial charge < -0.3 is 42.1 Å². The third-order valence-electron chi connectivity index (χ3n) is 3.80. The van der Waals surface area contributed by atoms with Crippen molar-refractivity contribution < 1.29 is 49.2 Å². The van der Waals surface area contributed by atoms with E-state index in [4.69, 9.17) is 21.1 Å². The summed E-state index contributed by atoms with van der Waals surface area (Å²) in [5, 5.41) is 41.9. The zero-order valence-electron chi connectivity index (χ0n) is 16.2. The fourth-order valence-electron chi connectivity index (χ4n) is 2.12. The molecular weight excluding hydrogens is 408 g/mol. The van der Waals surface area contributed by atoms with Crippen molar-refractivity contribution in [3.05, 3.63) is 0 Å². The van der Waals surface area contributed by atoms with Crippen LogP contribution in [-0.4, -0.2) is 86.8 Å². The number of aliphatic hydroxyl groups is 1. The van der Waals surface area contributed by atoms with Crippen LogP contribution in [0.1, 0.15) is 32.6 Å². The molecule has 0 rings (SSSR count). The standard InChI is InChI=1S/C16H26N4O10/c1-7(21)13(17)16(30)20-9(3-5-11(24)25)15(29)19-8(2-4-10(22)23)14(28)18-6-12(26)27/h7-9,13,21H,2-6,17H2,1H3,(H,18,28)(H,19,29)(H,20,30)(H,22,23)(H,24,25)(H,26,27). The van der Waals surface area contributed by atoms with Gasteiger partial charge in [-0.25, -0.2) is 0 Å². The fourth-order valence-corrected chi connectivity index (χ4v) is 2.12. The molecule has 0 radical (unpaired) electrons. The molecule has 14 heteroatoms. The first-order valence-electron chi connectivity index (χ1n) is 8.82. The van der Waals surface area contributed by atoms with E-state index >= 15 is 0 Å². The molecule has 0 saturated heterocycles. The lowest BCUT2D eigenvalue weighted by Gasteiger charge is -2.24. The number of amides is 3. The number of hydrogen-bond acceptors (Lipinski definition) is 8. The Morgan fingerprint density at radius 2 is 1.20 bits per heavy atom. The minimum Gasteiger partial charge on any atom is -0.481 e. The first-order chi connectivity index (χ1) is 13.8. The Morgan fingerprint density at radius 3 is 1.60 bits per heavy atom. The molecule has 0 saturated carbocycles. The molecule has 0 fully saturated rings. The van der Waals surface area contributed by atoms with Crippen molar-refractivity contribution in [2.45, 2.75) is 56.8 Å². The van der Waals surface area contributed by atoms with Crippen LogP contribution in [0.3, 0.4) is 0 Å². The normalized spacial score (nSPS) is 14.5. The first kappa shape index (κ1) is 26.7. The average molecular weight is 434 g/mol. The molecule has 4 unspecified atom stereocenters. The van der Waals surface area contributed by atoms with Gasteiger partial charge in [0, 0.05) is 12.8 Å². The highest BCUT2D eigenvalue weighted by Gasteiger charge is 2.30. The Kier molecular flexibility index (Phi) is 11.6. The van der Waals surface area contributed by atoms with E-state index in [0.717, 1.165) is 0 Å². The van der Waals surface area contributed by atoms with Gasteiger partial charge in [-0.3, -0.25) is 28.8 Å². The third kappa shape index (κ3) is 10.9. The molecule has 0 aliphatic heterocycles. The van der Waals surface area contributed by atoms with Crippen molar-refractivity contribution in [3.63, 3.8) is 0 Å². The van der Waals surface area contributed by atoms with E-state index in [1.165, 1.54) is 6.92 Å². The number of nitrogens with one attached hydrogen (secondary N) is 3. The topological polar surface area (TPSA) is 245 Å². The van der Waals surface area contributed by atoms with Gasteiger partial charge in [-0.2, -0.15) is 0 Å². The number of aliphatic hydroxyl groups excluding tert-OH is 1. The molecule has 0 aromatic heterocycles. The lowest BCUT2D eigenvalue weighted by atomic mass is 10.1. The van der Waals surface area contributed by atoms with Gasteiger partial charge in [0.25, 0.3) is 0 Å². The minimum absolute atomic E-state index is 0.387. The Hall–Kier alpha value is -3.26. The molecule has 0 aromatic carbocycles. The summed E-state index contributed by atoms with van der Waals surface area (Å²) in [6.07, 6.45) is -3.11. The van der Waals surface area contributed by atoms with E-state index < -0.39 is 79.2 Å². The second kappa shape index (κ2) is 13.1. The van der Waals surface area contributed by atoms with Gasteiger partial charge in [0.15, 0.2) is 0 Å². The molecule has 30 heavy (non-hydrogen) atoms. The number of carbonyl (C=O) groups excluding carboxylic acids is 3. The highest BCUT2D eigenvalue weighted by Crippen LogP contribution is 2.04. The molecule has 0 spiro atoms. The molecule has 0 bridgehead atoms. The van der Waals surface area contributed by atoms with Crippen LogP contribution in [-0.2, 0) is 28.8 Å². The second-order valence-corrected chi connectivity index (χ2v) is 6.37. The zero-order chi connectivity index (χ0) is 23.4. The molecular formula is C16H26N4O10. The van der Waals surface area contributed by atoms with Crippen LogP contribution in [0.2, 0.25) is 0 Å². The van der Waals surface area contributed by atoms with Crippen LogP contribution in [0.15, 0.2) is 0 Å². The maximum absolute atomic E-state index is 12.5. The number of aliphatic carboxylic acids is 3. The van der Waals surface area contributed by atoms with E-state index in [1.54, 1.807) is 0 Å². The van der Waals surface area contributed by atoms with E-state index in [2.05, 4.69) is 10.6 Å². The summed E-state index contributed by atoms with van der Waals surface area (Å²) in [6, 6.07) is -4.33. The van der Waals surface area contributed by atoms with Crippen molar-refractivity contribution in [1.82, 2.24) is 16.0 Å². The summed E-state index contributed by atoms with van der Waals surface area (Å²) in [5.74, 6) is -6.86. The molecule has 14 nitrogen and oxygen atoms in total. The van der Waals surface area contributed by atoms with E-state index in [1.807, 2.05) is 5.32 Å². The predicted octanol–water partition coefficient (Wildman–Crippen LogP) is -3.41. The van der Waals surface area contributed by atoms with E-state index in [9.17, 15) is 33.9 Å². The summed E-state index contributed by atoms with van der Waals surface area (Å²) in [7, 11) is 0. The lowest BCUT2D eigenvalue weighted by molar-refractivity contribution is -0.140. The first-order valence-corrected chi connectivity index (χ1v) is 8.82. The molecule has 4 atom stereocenters. The number of carboxylic acid groups (broad SMARTS) is 3. The average Bonchev–Trinajstić information content (AvgIpc) is 2.64. The number of hydrogen-bond donors (Lipinski definition) is 8. The molecule has 170 valence electrons. The summed E-state index contributed by atoms with van der Waals surface area (Å²) in [5.41, 5.74) is 5.47. The van der Waals surface area contributed by atoms with Crippen molar-refractivity contribution in [3.8, 4) is 0 Å². The Bertz CT molecular complexity index is 666. The van der Waals surface area contributed by atoms with Gasteiger partial charge in [-0.15, -0.1) is 0 Å².